The number of benzene rings is 1. The van der Waals surface area contributed by atoms with Crippen molar-refractivity contribution in [2.24, 2.45) is 0 Å². The first kappa shape index (κ1) is 25.2. The molecular formula is C26H34N4O4S. The summed E-state index contributed by atoms with van der Waals surface area (Å²) in [7, 11) is 1.37. The third-order valence-electron chi connectivity index (χ3n) is 6.61. The fraction of sp³-hybridized carbons (Fsp3) is 0.500. The van der Waals surface area contributed by atoms with Crippen LogP contribution in [0, 0.1) is 0 Å². The Kier molecular flexibility index (Phi) is 8.38. The standard InChI is InChI=1S/C26H34N4O4S/c1-3-34-23(31)12-9-15-30-22-14-13-19(24(32)29(2)20-10-5-4-6-11-20)18-21(22)27-25(30)28-26(33)35-16-7-8-17-35/h7-8,13-14,16,18,20H,3-6,9-12,15,17H2,1-2H3,(H,27,28,33). The zero-order valence-electron chi connectivity index (χ0n) is 20.5. The predicted molar refractivity (Wildman–Crippen MR) is 141 cm³/mol. The lowest BCUT2D eigenvalue weighted by Crippen LogP contribution is -2.38. The number of nitrogens with one attached hydrogen (secondary N) is 1. The van der Waals surface area contributed by atoms with Gasteiger partial charge in [0.2, 0.25) is 5.95 Å². The van der Waals surface area contributed by atoms with E-state index in [0.29, 0.717) is 42.4 Å². The van der Waals surface area contributed by atoms with Gasteiger partial charge < -0.3 is 14.2 Å². The zero-order valence-corrected chi connectivity index (χ0v) is 21.3. The summed E-state index contributed by atoms with van der Waals surface area (Å²) in [5.74, 6) is 0.886. The molecule has 188 valence electrons. The number of rotatable bonds is 8. The molecule has 8 nitrogen and oxygen atoms in total. The molecule has 1 fully saturated rings. The summed E-state index contributed by atoms with van der Waals surface area (Å²) in [5, 5.41) is 4.78. The molecule has 0 radical (unpaired) electrons. The van der Waals surface area contributed by atoms with Crippen LogP contribution in [0.5, 0.6) is 0 Å². The highest BCUT2D eigenvalue weighted by Gasteiger charge is 2.24. The monoisotopic (exact) mass is 498 g/mol. The van der Waals surface area contributed by atoms with Gasteiger partial charge in [0.05, 0.1) is 17.6 Å². The summed E-state index contributed by atoms with van der Waals surface area (Å²) in [4.78, 5) is 44.4. The third kappa shape index (κ3) is 6.01. The van der Waals surface area contributed by atoms with Gasteiger partial charge in [0, 0.05) is 37.4 Å². The number of imidazole rings is 1. The largest absolute Gasteiger partial charge is 0.466 e. The first-order chi connectivity index (χ1) is 17.0. The van der Waals surface area contributed by atoms with Crippen molar-refractivity contribution in [3.05, 3.63) is 35.9 Å². The fourth-order valence-electron chi connectivity index (χ4n) is 4.70. The molecular weight excluding hydrogens is 464 g/mol. The minimum atomic E-state index is -0.514. The highest BCUT2D eigenvalue weighted by molar-refractivity contribution is 8.28. The van der Waals surface area contributed by atoms with Crippen LogP contribution < -0.4 is 5.32 Å². The highest BCUT2D eigenvalue weighted by Crippen LogP contribution is 2.27. The highest BCUT2D eigenvalue weighted by atomic mass is 32.2. The van der Waals surface area contributed by atoms with Gasteiger partial charge in [0.25, 0.3) is 11.1 Å². The molecule has 2 amide bonds. The maximum absolute atomic E-state index is 13.2. The summed E-state index contributed by atoms with van der Waals surface area (Å²) in [6.45, 7) is 2.64. The minimum Gasteiger partial charge on any atom is -0.466 e. The molecule has 2 aromatic rings. The average Bonchev–Trinajstić information content (AvgIpc) is 3.52. The smallest absolute Gasteiger partial charge is 0.305 e. The number of fused-ring (bicyclic) bond motifs is 1. The molecule has 1 aliphatic carbocycles. The summed E-state index contributed by atoms with van der Waals surface area (Å²) in [6, 6.07) is 5.80. The summed E-state index contributed by atoms with van der Waals surface area (Å²) in [5.41, 5.74) is 2.06. The second-order valence-electron chi connectivity index (χ2n) is 8.98. The van der Waals surface area contributed by atoms with Gasteiger partial charge in [-0.25, -0.2) is 4.98 Å². The van der Waals surface area contributed by atoms with Crippen molar-refractivity contribution < 1.29 is 19.1 Å². The van der Waals surface area contributed by atoms with Gasteiger partial charge in [-0.1, -0.05) is 41.9 Å². The molecule has 1 saturated carbocycles. The Hall–Kier alpha value is -2.94. The molecule has 1 atom stereocenters. The van der Waals surface area contributed by atoms with E-state index in [1.165, 1.54) is 6.42 Å². The van der Waals surface area contributed by atoms with E-state index in [4.69, 9.17) is 4.74 Å². The van der Waals surface area contributed by atoms with Gasteiger partial charge in [0.1, 0.15) is 0 Å². The molecule has 2 heterocycles. The molecule has 1 unspecified atom stereocenters. The van der Waals surface area contributed by atoms with Crippen LogP contribution in [0.4, 0.5) is 10.7 Å². The predicted octanol–water partition coefficient (Wildman–Crippen LogP) is 4.96. The summed E-state index contributed by atoms with van der Waals surface area (Å²) < 4.78 is 6.95. The number of amides is 2. The van der Waals surface area contributed by atoms with E-state index in [1.807, 2.05) is 46.2 Å². The Balaban J connectivity index is 1.57. The van der Waals surface area contributed by atoms with Crippen LogP contribution in [-0.4, -0.2) is 62.4 Å². The fourth-order valence-corrected chi connectivity index (χ4v) is 5.92. The number of aryl methyl sites for hydroxylation is 1. The molecule has 0 bridgehead atoms. The Bertz CT molecular complexity index is 1160. The van der Waals surface area contributed by atoms with E-state index >= 15 is 0 Å². The molecule has 1 N–H and O–H groups in total. The van der Waals surface area contributed by atoms with Gasteiger partial charge in [-0.3, -0.25) is 19.7 Å². The molecule has 4 rings (SSSR count). The SMILES string of the molecule is CCOC(=O)CCCn1c(NC(=O)S2=CC=CC2)nc2cc(C(=O)N(C)C3CCCCC3)ccc21. The van der Waals surface area contributed by atoms with Crippen molar-refractivity contribution in [3.63, 3.8) is 0 Å². The van der Waals surface area contributed by atoms with Crippen LogP contribution in [-0.2, 0) is 16.1 Å². The lowest BCUT2D eigenvalue weighted by Gasteiger charge is -2.31. The number of carbonyl (C=O) groups is 3. The van der Waals surface area contributed by atoms with Crippen molar-refractivity contribution in [2.75, 3.05) is 24.7 Å². The van der Waals surface area contributed by atoms with Crippen molar-refractivity contribution >= 4 is 49.9 Å². The number of anilines is 1. The van der Waals surface area contributed by atoms with Gasteiger partial charge in [0.15, 0.2) is 0 Å². The number of aromatic nitrogens is 2. The Labute approximate surface area is 208 Å². The van der Waals surface area contributed by atoms with E-state index in [1.54, 1.807) is 13.0 Å². The number of nitrogens with zero attached hydrogens (tertiary/aromatic N) is 3. The topological polar surface area (TPSA) is 93.5 Å². The average molecular weight is 499 g/mol. The van der Waals surface area contributed by atoms with Gasteiger partial charge >= 0.3 is 5.97 Å². The van der Waals surface area contributed by atoms with E-state index < -0.39 is 10.5 Å². The number of ether oxygens (including phenoxy) is 1. The normalized spacial score (nSPS) is 17.8. The lowest BCUT2D eigenvalue weighted by molar-refractivity contribution is -0.143. The van der Waals surface area contributed by atoms with Crippen molar-refractivity contribution in [2.45, 2.75) is 64.5 Å². The van der Waals surface area contributed by atoms with Crippen molar-refractivity contribution in [1.82, 2.24) is 14.5 Å². The summed E-state index contributed by atoms with van der Waals surface area (Å²) in [6.07, 6.45) is 10.4. The van der Waals surface area contributed by atoms with Crippen LogP contribution in [0.25, 0.3) is 11.0 Å². The first-order valence-electron chi connectivity index (χ1n) is 12.4. The Morgan fingerprint density at radius 3 is 2.74 bits per heavy atom. The van der Waals surface area contributed by atoms with E-state index in [-0.39, 0.29) is 29.6 Å². The molecule has 9 heteroatoms. The number of hydrogen-bond acceptors (Lipinski definition) is 5. The quantitative estimate of drug-likeness (QED) is 0.410. The Morgan fingerprint density at radius 2 is 2.03 bits per heavy atom. The van der Waals surface area contributed by atoms with Crippen LogP contribution in [0.15, 0.2) is 30.4 Å². The maximum Gasteiger partial charge on any atom is 0.305 e. The molecule has 1 aromatic carbocycles. The van der Waals surface area contributed by atoms with Crippen LogP contribution in [0.3, 0.4) is 0 Å². The molecule has 2 aliphatic rings. The summed E-state index contributed by atoms with van der Waals surface area (Å²) >= 11 is 0. The van der Waals surface area contributed by atoms with Gasteiger partial charge in [-0.05, 0) is 49.8 Å². The number of carbonyl (C=O) groups excluding carboxylic acids is 3. The number of hydrogen-bond donors (Lipinski definition) is 1. The van der Waals surface area contributed by atoms with E-state index in [0.717, 1.165) is 31.2 Å². The Morgan fingerprint density at radius 1 is 1.23 bits per heavy atom. The number of allylic oxidation sites excluding steroid dienone is 1. The molecule has 1 aromatic heterocycles. The van der Waals surface area contributed by atoms with Crippen LogP contribution in [0.1, 0.15) is 62.2 Å². The van der Waals surface area contributed by atoms with E-state index in [2.05, 4.69) is 10.3 Å². The molecule has 0 saturated heterocycles. The third-order valence-corrected chi connectivity index (χ3v) is 8.23. The van der Waals surface area contributed by atoms with Crippen molar-refractivity contribution in [1.29, 1.82) is 0 Å². The molecule has 35 heavy (non-hydrogen) atoms. The zero-order chi connectivity index (χ0) is 24.8. The number of esters is 1. The molecule has 1 aliphatic heterocycles. The second kappa shape index (κ2) is 11.7. The second-order valence-corrected chi connectivity index (χ2v) is 10.8. The van der Waals surface area contributed by atoms with Crippen LogP contribution in [0.2, 0.25) is 0 Å². The van der Waals surface area contributed by atoms with E-state index in [9.17, 15) is 14.4 Å². The first-order valence-corrected chi connectivity index (χ1v) is 13.9. The lowest BCUT2D eigenvalue weighted by atomic mass is 9.94. The maximum atomic E-state index is 13.2. The van der Waals surface area contributed by atoms with Gasteiger partial charge in [-0.2, -0.15) is 0 Å². The minimum absolute atomic E-state index is 0.00522. The van der Waals surface area contributed by atoms with Crippen molar-refractivity contribution in [3.8, 4) is 0 Å². The van der Waals surface area contributed by atoms with Crippen LogP contribution >= 0.6 is 10.5 Å². The van der Waals surface area contributed by atoms with Gasteiger partial charge in [-0.15, -0.1) is 0 Å². The molecule has 0 spiro atoms.